The maximum atomic E-state index is 12.7. The minimum Gasteiger partial charge on any atom is -0.455 e. The first-order valence-electron chi connectivity index (χ1n) is 12.5. The zero-order chi connectivity index (χ0) is 20.1. The SMILES string of the molecule is C=C(C)C(=O)OC1(C2CCCCCCCCCC2)CCCCCCCCCC1. The van der Waals surface area contributed by atoms with Crippen LogP contribution < -0.4 is 0 Å². The van der Waals surface area contributed by atoms with Crippen LogP contribution in [0.15, 0.2) is 12.2 Å². The first-order chi connectivity index (χ1) is 13.6. The number of rotatable bonds is 3. The molecule has 2 heteroatoms. The molecule has 28 heavy (non-hydrogen) atoms. The number of esters is 1. The summed E-state index contributed by atoms with van der Waals surface area (Å²) >= 11 is 0. The summed E-state index contributed by atoms with van der Waals surface area (Å²) in [5.41, 5.74) is 0.319. The number of carbonyl (C=O) groups excluding carboxylic acids is 1. The molecule has 2 aliphatic rings. The van der Waals surface area contributed by atoms with Gasteiger partial charge in [-0.2, -0.15) is 0 Å². The summed E-state index contributed by atoms with van der Waals surface area (Å²) in [6.07, 6.45) is 25.9. The van der Waals surface area contributed by atoms with Gasteiger partial charge in [0.05, 0.1) is 0 Å². The van der Waals surface area contributed by atoms with Gasteiger partial charge in [0, 0.05) is 5.57 Å². The second-order valence-corrected chi connectivity index (χ2v) is 9.67. The Morgan fingerprint density at radius 2 is 1.04 bits per heavy atom. The normalized spacial score (nSPS) is 24.3. The van der Waals surface area contributed by atoms with Crippen LogP contribution in [0.3, 0.4) is 0 Å². The van der Waals surface area contributed by atoms with Crippen LogP contribution in [0.2, 0.25) is 0 Å². The van der Waals surface area contributed by atoms with Crippen molar-refractivity contribution in [3.05, 3.63) is 12.2 Å². The lowest BCUT2D eigenvalue weighted by Crippen LogP contribution is -2.43. The molecule has 2 nitrogen and oxygen atoms in total. The second kappa shape index (κ2) is 13.4. The average Bonchev–Trinajstić information content (AvgIpc) is 2.77. The van der Waals surface area contributed by atoms with Gasteiger partial charge in [-0.1, -0.05) is 96.5 Å². The maximum absolute atomic E-state index is 12.7. The predicted molar refractivity (Wildman–Crippen MR) is 119 cm³/mol. The van der Waals surface area contributed by atoms with E-state index in [1.165, 1.54) is 116 Å². The van der Waals surface area contributed by atoms with Crippen molar-refractivity contribution >= 4 is 5.97 Å². The molecule has 0 N–H and O–H groups in total. The van der Waals surface area contributed by atoms with E-state index < -0.39 is 0 Å². The van der Waals surface area contributed by atoms with Gasteiger partial charge in [-0.3, -0.25) is 0 Å². The Balaban J connectivity index is 2.20. The Hall–Kier alpha value is -0.790. The van der Waals surface area contributed by atoms with Crippen LogP contribution in [0, 0.1) is 5.92 Å². The molecule has 0 heterocycles. The summed E-state index contributed by atoms with van der Waals surface area (Å²) in [7, 11) is 0. The molecule has 0 atom stereocenters. The maximum Gasteiger partial charge on any atom is 0.333 e. The van der Waals surface area contributed by atoms with E-state index in [-0.39, 0.29) is 11.6 Å². The lowest BCUT2D eigenvalue weighted by atomic mass is 9.74. The molecular formula is C26H46O2. The Morgan fingerprint density at radius 3 is 1.43 bits per heavy atom. The van der Waals surface area contributed by atoms with Gasteiger partial charge in [-0.15, -0.1) is 0 Å². The molecule has 162 valence electrons. The van der Waals surface area contributed by atoms with Crippen molar-refractivity contribution in [2.45, 2.75) is 141 Å². The zero-order valence-electron chi connectivity index (χ0n) is 18.7. The minimum atomic E-state index is -0.242. The first-order valence-corrected chi connectivity index (χ1v) is 12.5. The van der Waals surface area contributed by atoms with Gasteiger partial charge >= 0.3 is 5.97 Å². The molecule has 0 aromatic rings. The van der Waals surface area contributed by atoms with Crippen LogP contribution in [-0.2, 0) is 9.53 Å². The van der Waals surface area contributed by atoms with Gasteiger partial charge < -0.3 is 4.74 Å². The fourth-order valence-electron chi connectivity index (χ4n) is 5.41. The van der Waals surface area contributed by atoms with Crippen molar-refractivity contribution in [3.8, 4) is 0 Å². The quantitative estimate of drug-likeness (QED) is 0.358. The van der Waals surface area contributed by atoms with Crippen molar-refractivity contribution in [1.29, 1.82) is 0 Å². The van der Waals surface area contributed by atoms with Crippen molar-refractivity contribution in [2.24, 2.45) is 5.92 Å². The van der Waals surface area contributed by atoms with E-state index in [0.29, 0.717) is 11.5 Å². The summed E-state index contributed by atoms with van der Waals surface area (Å²) in [5, 5.41) is 0. The van der Waals surface area contributed by atoms with E-state index in [0.717, 1.165) is 12.8 Å². The van der Waals surface area contributed by atoms with Crippen LogP contribution in [0.1, 0.15) is 135 Å². The van der Waals surface area contributed by atoms with Crippen LogP contribution in [0.5, 0.6) is 0 Å². The smallest absolute Gasteiger partial charge is 0.333 e. The van der Waals surface area contributed by atoms with Crippen LogP contribution in [0.25, 0.3) is 0 Å². The molecule has 0 amide bonds. The monoisotopic (exact) mass is 390 g/mol. The van der Waals surface area contributed by atoms with E-state index in [1.54, 1.807) is 6.92 Å². The van der Waals surface area contributed by atoms with Gasteiger partial charge in [0.15, 0.2) is 0 Å². The van der Waals surface area contributed by atoms with Gasteiger partial charge in [0.25, 0.3) is 0 Å². The van der Waals surface area contributed by atoms with Gasteiger partial charge in [-0.05, 0) is 51.4 Å². The number of hydrogen-bond donors (Lipinski definition) is 0. The molecule has 0 spiro atoms. The molecule has 0 saturated heterocycles. The predicted octanol–water partition coefficient (Wildman–Crippen LogP) is 8.29. The first kappa shape index (κ1) is 23.5. The lowest BCUT2D eigenvalue weighted by Gasteiger charge is -2.41. The fraction of sp³-hybridized carbons (Fsp3) is 0.885. The van der Waals surface area contributed by atoms with E-state index in [1.807, 2.05) is 0 Å². The summed E-state index contributed by atoms with van der Waals surface area (Å²) in [5.74, 6) is 0.388. The molecule has 0 aliphatic heterocycles. The third-order valence-corrected chi connectivity index (χ3v) is 7.19. The van der Waals surface area contributed by atoms with E-state index >= 15 is 0 Å². The minimum absolute atomic E-state index is 0.149. The highest BCUT2D eigenvalue weighted by molar-refractivity contribution is 5.87. The molecule has 2 fully saturated rings. The number of hydrogen-bond acceptors (Lipinski definition) is 2. The van der Waals surface area contributed by atoms with Crippen LogP contribution in [0.4, 0.5) is 0 Å². The number of ether oxygens (including phenoxy) is 1. The van der Waals surface area contributed by atoms with Crippen molar-refractivity contribution < 1.29 is 9.53 Å². The highest BCUT2D eigenvalue weighted by atomic mass is 16.6. The van der Waals surface area contributed by atoms with Crippen LogP contribution in [-0.4, -0.2) is 11.6 Å². The lowest BCUT2D eigenvalue weighted by molar-refractivity contribution is -0.165. The molecule has 2 aliphatic carbocycles. The Kier molecular flexibility index (Phi) is 11.3. The summed E-state index contributed by atoms with van der Waals surface area (Å²) in [6.45, 7) is 5.69. The highest BCUT2D eigenvalue weighted by Gasteiger charge is 2.41. The Morgan fingerprint density at radius 1 is 0.679 bits per heavy atom. The van der Waals surface area contributed by atoms with Crippen molar-refractivity contribution in [3.63, 3.8) is 0 Å². The molecule has 0 aromatic heterocycles. The molecular weight excluding hydrogens is 344 g/mol. The molecule has 2 saturated carbocycles. The van der Waals surface area contributed by atoms with E-state index in [9.17, 15) is 4.79 Å². The van der Waals surface area contributed by atoms with Gasteiger partial charge in [-0.25, -0.2) is 4.79 Å². The Labute approximate surface area is 174 Å². The number of carbonyl (C=O) groups is 1. The summed E-state index contributed by atoms with van der Waals surface area (Å²) < 4.78 is 6.41. The van der Waals surface area contributed by atoms with Crippen LogP contribution >= 0.6 is 0 Å². The highest BCUT2D eigenvalue weighted by Crippen LogP contribution is 2.41. The zero-order valence-corrected chi connectivity index (χ0v) is 18.7. The van der Waals surface area contributed by atoms with Crippen molar-refractivity contribution in [2.75, 3.05) is 0 Å². The molecule has 0 aromatic carbocycles. The topological polar surface area (TPSA) is 26.3 Å². The van der Waals surface area contributed by atoms with Gasteiger partial charge in [0.2, 0.25) is 0 Å². The third-order valence-electron chi connectivity index (χ3n) is 7.19. The van der Waals surface area contributed by atoms with Crippen molar-refractivity contribution in [1.82, 2.24) is 0 Å². The molecule has 2 rings (SSSR count). The van der Waals surface area contributed by atoms with E-state index in [4.69, 9.17) is 4.74 Å². The summed E-state index contributed by atoms with van der Waals surface area (Å²) in [6, 6.07) is 0. The third kappa shape index (κ3) is 8.29. The Bertz CT molecular complexity index is 429. The second-order valence-electron chi connectivity index (χ2n) is 9.67. The fourth-order valence-corrected chi connectivity index (χ4v) is 5.41. The molecule has 0 unspecified atom stereocenters. The standard InChI is InChI=1S/C26H46O2/c1-23(2)25(27)28-26(21-17-13-9-5-6-10-14-18-22-26)24-19-15-11-7-3-4-8-12-16-20-24/h24H,1,3-22H2,2H3. The molecule has 0 bridgehead atoms. The molecule has 0 radical (unpaired) electrons. The van der Waals surface area contributed by atoms with Gasteiger partial charge in [0.1, 0.15) is 5.60 Å². The average molecular weight is 391 g/mol. The largest absolute Gasteiger partial charge is 0.455 e. The van der Waals surface area contributed by atoms with E-state index in [2.05, 4.69) is 6.58 Å². The summed E-state index contributed by atoms with van der Waals surface area (Å²) in [4.78, 5) is 12.7.